The lowest BCUT2D eigenvalue weighted by Crippen LogP contribution is -2.63. The summed E-state index contributed by atoms with van der Waals surface area (Å²) in [5.74, 6) is -2.27. The molecule has 0 aliphatic carbocycles. The fraction of sp³-hybridized carbons (Fsp3) is 0.400. The van der Waals surface area contributed by atoms with Crippen LogP contribution in [0.1, 0.15) is 24.2 Å². The van der Waals surface area contributed by atoms with Crippen molar-refractivity contribution in [3.05, 3.63) is 35.9 Å². The minimum Gasteiger partial charge on any atom is -0.312 e. The summed E-state index contributed by atoms with van der Waals surface area (Å²) in [4.78, 5) is 29.2. The molecule has 1 aromatic carbocycles. The van der Waals surface area contributed by atoms with Gasteiger partial charge in [0.25, 0.3) is 11.8 Å². The van der Waals surface area contributed by atoms with E-state index in [9.17, 15) is 22.8 Å². The Morgan fingerprint density at radius 1 is 1.29 bits per heavy atom. The van der Waals surface area contributed by atoms with E-state index in [4.69, 9.17) is 0 Å². The maximum atomic E-state index is 13.7. The summed E-state index contributed by atoms with van der Waals surface area (Å²) in [6.45, 7) is 3.72. The van der Waals surface area contributed by atoms with Crippen molar-refractivity contribution in [1.29, 1.82) is 0 Å². The third-order valence-electron chi connectivity index (χ3n) is 3.70. The Morgan fingerprint density at radius 2 is 1.92 bits per heavy atom. The Hall–Kier alpha value is -2.03. The molecule has 0 radical (unpaired) electrons. The minimum atomic E-state index is -5.05. The van der Waals surface area contributed by atoms with Gasteiger partial charge in [0.1, 0.15) is 0 Å². The van der Waals surface area contributed by atoms with Gasteiger partial charge in [0.05, 0.1) is 0 Å². The first kappa shape index (κ1) is 16.8. The van der Waals surface area contributed by atoms with Crippen LogP contribution >= 0.6 is 11.8 Å². The zero-order chi connectivity index (χ0) is 17.8. The van der Waals surface area contributed by atoms with E-state index in [1.807, 2.05) is 13.8 Å². The molecule has 1 N–H and O–H groups in total. The number of benzene rings is 1. The van der Waals surface area contributed by atoms with Crippen molar-refractivity contribution in [1.82, 2.24) is 10.2 Å². The molecule has 1 atom stereocenters. The zero-order valence-corrected chi connectivity index (χ0v) is 13.7. The maximum Gasteiger partial charge on any atom is 0.442 e. The molecule has 0 unspecified atom stereocenters. The first-order valence-corrected chi connectivity index (χ1v) is 7.92. The molecule has 3 rings (SSSR count). The molecule has 5 nitrogen and oxygen atoms in total. The maximum absolute atomic E-state index is 13.7. The van der Waals surface area contributed by atoms with Gasteiger partial charge in [0.15, 0.2) is 5.17 Å². The van der Waals surface area contributed by atoms with Gasteiger partial charge in [-0.05, 0) is 26.0 Å². The summed E-state index contributed by atoms with van der Waals surface area (Å²) in [5.41, 5.74) is -3.24. The first-order valence-electron chi connectivity index (χ1n) is 7.11. The lowest BCUT2D eigenvalue weighted by Gasteiger charge is -2.29. The average molecular weight is 357 g/mol. The molecule has 1 aromatic rings. The number of nitrogens with zero attached hydrogens (tertiary/aromatic N) is 2. The molecule has 24 heavy (non-hydrogen) atoms. The van der Waals surface area contributed by atoms with Crippen LogP contribution in [0.2, 0.25) is 0 Å². The Labute approximate surface area is 140 Å². The molecule has 2 aliphatic heterocycles. The van der Waals surface area contributed by atoms with E-state index in [1.54, 1.807) is 11.4 Å². The molecule has 9 heteroatoms. The van der Waals surface area contributed by atoms with Crippen LogP contribution in [0.4, 0.5) is 13.2 Å². The van der Waals surface area contributed by atoms with Crippen molar-refractivity contribution < 1.29 is 22.8 Å². The number of nitrogens with one attached hydrogen (secondary N) is 1. The lowest BCUT2D eigenvalue weighted by molar-refractivity contribution is -0.196. The number of carbonyl (C=O) groups is 2. The highest BCUT2D eigenvalue weighted by atomic mass is 32.2. The highest BCUT2D eigenvalue weighted by Gasteiger charge is 2.68. The predicted octanol–water partition coefficient (Wildman–Crippen LogP) is 2.40. The Bertz CT molecular complexity index is 733. The summed E-state index contributed by atoms with van der Waals surface area (Å²) >= 11 is 1.09. The van der Waals surface area contributed by atoms with Gasteiger partial charge in [-0.15, -0.1) is 0 Å². The Kier molecular flexibility index (Phi) is 3.67. The third kappa shape index (κ3) is 2.56. The molecule has 128 valence electrons. The predicted molar refractivity (Wildman–Crippen MR) is 83.5 cm³/mol. The van der Waals surface area contributed by atoms with Gasteiger partial charge in [-0.3, -0.25) is 14.5 Å². The number of fused-ring (bicyclic) bond motifs is 1. The highest BCUT2D eigenvalue weighted by molar-refractivity contribution is 8.15. The summed E-state index contributed by atoms with van der Waals surface area (Å²) in [6.07, 6.45) is -5.05. The van der Waals surface area contributed by atoms with E-state index in [2.05, 4.69) is 4.99 Å². The number of thioether (sulfide) groups is 1. The van der Waals surface area contributed by atoms with E-state index in [-0.39, 0.29) is 17.3 Å². The largest absolute Gasteiger partial charge is 0.442 e. The molecule has 0 aromatic heterocycles. The minimum absolute atomic E-state index is 0.0179. The quantitative estimate of drug-likeness (QED) is 0.884. The number of hydrogen-bond donors (Lipinski definition) is 1. The van der Waals surface area contributed by atoms with Crippen LogP contribution < -0.4 is 5.32 Å². The normalized spacial score (nSPS) is 25.5. The Morgan fingerprint density at radius 3 is 2.46 bits per heavy atom. The second kappa shape index (κ2) is 5.23. The number of halogens is 3. The number of amides is 2. The van der Waals surface area contributed by atoms with Crippen LogP contribution in [0.25, 0.3) is 0 Å². The van der Waals surface area contributed by atoms with Crippen molar-refractivity contribution in [2.75, 3.05) is 6.54 Å². The van der Waals surface area contributed by atoms with E-state index >= 15 is 0 Å². The van der Waals surface area contributed by atoms with Crippen LogP contribution in [0.5, 0.6) is 0 Å². The van der Waals surface area contributed by atoms with Crippen molar-refractivity contribution >= 4 is 28.7 Å². The zero-order valence-electron chi connectivity index (χ0n) is 12.8. The van der Waals surface area contributed by atoms with Crippen LogP contribution in [0.15, 0.2) is 35.3 Å². The van der Waals surface area contributed by atoms with Gasteiger partial charge >= 0.3 is 11.8 Å². The molecule has 1 fully saturated rings. The van der Waals surface area contributed by atoms with Gasteiger partial charge in [-0.1, -0.05) is 30.0 Å². The van der Waals surface area contributed by atoms with Crippen LogP contribution in [-0.2, 0) is 4.79 Å². The molecular formula is C15H14F3N3O2S. The summed E-state index contributed by atoms with van der Waals surface area (Å²) < 4.78 is 40.6. The summed E-state index contributed by atoms with van der Waals surface area (Å²) in [7, 11) is 0. The van der Waals surface area contributed by atoms with E-state index in [0.717, 1.165) is 16.7 Å². The molecule has 2 amide bonds. The smallest absolute Gasteiger partial charge is 0.312 e. The van der Waals surface area contributed by atoms with Gasteiger partial charge in [0, 0.05) is 16.9 Å². The molecule has 0 bridgehead atoms. The number of amidine groups is 1. The van der Waals surface area contributed by atoms with Crippen molar-refractivity contribution in [3.8, 4) is 0 Å². The van der Waals surface area contributed by atoms with E-state index < -0.39 is 28.4 Å². The first-order chi connectivity index (χ1) is 11.1. The summed E-state index contributed by atoms with van der Waals surface area (Å²) in [6, 6.07) is 7.41. The van der Waals surface area contributed by atoms with Crippen LogP contribution in [-0.4, -0.2) is 45.0 Å². The van der Waals surface area contributed by atoms with Crippen LogP contribution in [0, 0.1) is 0 Å². The molecule has 0 saturated carbocycles. The van der Waals surface area contributed by atoms with Crippen molar-refractivity contribution in [2.45, 2.75) is 30.4 Å². The number of hydrogen-bond acceptors (Lipinski definition) is 4. The SMILES string of the molecule is CC1(C)CN2C(=O)[C@@](NC(=O)c3ccccc3)(C(F)(F)F)N=C2S1. The molecular weight excluding hydrogens is 343 g/mol. The van der Waals surface area contributed by atoms with E-state index in [1.165, 1.54) is 24.3 Å². The Balaban J connectivity index is 1.98. The van der Waals surface area contributed by atoms with Crippen molar-refractivity contribution in [2.24, 2.45) is 4.99 Å². The van der Waals surface area contributed by atoms with Gasteiger partial charge in [-0.2, -0.15) is 13.2 Å². The van der Waals surface area contributed by atoms with Crippen molar-refractivity contribution in [3.63, 3.8) is 0 Å². The summed E-state index contributed by atoms with van der Waals surface area (Å²) in [5, 5.41) is 1.78. The molecule has 1 saturated heterocycles. The lowest BCUT2D eigenvalue weighted by atomic mass is 10.1. The number of alkyl halides is 3. The highest BCUT2D eigenvalue weighted by Crippen LogP contribution is 2.45. The van der Waals surface area contributed by atoms with Gasteiger partial charge in [-0.25, -0.2) is 4.99 Å². The topological polar surface area (TPSA) is 61.8 Å². The third-order valence-corrected chi connectivity index (χ3v) is 4.87. The number of carbonyl (C=O) groups excluding carboxylic acids is 2. The average Bonchev–Trinajstić information content (AvgIpc) is 2.91. The number of rotatable bonds is 2. The molecule has 2 aliphatic rings. The fourth-order valence-electron chi connectivity index (χ4n) is 2.57. The molecule has 0 spiro atoms. The second-order valence-electron chi connectivity index (χ2n) is 6.18. The van der Waals surface area contributed by atoms with E-state index in [0.29, 0.717) is 0 Å². The fourth-order valence-corrected chi connectivity index (χ4v) is 3.70. The second-order valence-corrected chi connectivity index (χ2v) is 7.85. The standard InChI is InChI=1S/C15H14F3N3O2S/c1-13(2)8-21-11(23)14(15(16,17)18,20-12(21)24-13)19-10(22)9-6-4-3-5-7-9/h3-7H,8H2,1-2H3,(H,19,22)/t14-/m0/s1. The monoisotopic (exact) mass is 357 g/mol. The number of aliphatic imine (C=N–C) groups is 1. The van der Waals surface area contributed by atoms with Gasteiger partial charge < -0.3 is 5.32 Å². The van der Waals surface area contributed by atoms with Crippen LogP contribution in [0.3, 0.4) is 0 Å². The molecule has 2 heterocycles. The van der Waals surface area contributed by atoms with Gasteiger partial charge in [0.2, 0.25) is 0 Å².